The molecule has 0 aliphatic carbocycles. The number of β-lactam (4-membered cyclic amide) rings is 1. The van der Waals surface area contributed by atoms with Gasteiger partial charge in [-0.15, -0.1) is 11.8 Å². The van der Waals surface area contributed by atoms with Gasteiger partial charge in [0.15, 0.2) is 11.9 Å². The highest BCUT2D eigenvalue weighted by molar-refractivity contribution is 8.01. The molecule has 13 heteroatoms. The fraction of sp³-hybridized carbons (Fsp3) is 0.229. The lowest BCUT2D eigenvalue weighted by Crippen LogP contribution is -2.61. The highest BCUT2D eigenvalue weighted by atomic mass is 32.2. The predicted octanol–water partition coefficient (Wildman–Crippen LogP) is 3.54. The second-order valence-electron chi connectivity index (χ2n) is 11.3. The van der Waals surface area contributed by atoms with Crippen LogP contribution >= 0.6 is 11.8 Å². The van der Waals surface area contributed by atoms with Gasteiger partial charge < -0.3 is 39.9 Å². The Hall–Kier alpha value is -4.79. The highest BCUT2D eigenvalue weighted by Gasteiger charge is 2.52. The number of para-hydroxylation sites is 1. The van der Waals surface area contributed by atoms with Crippen molar-refractivity contribution in [3.05, 3.63) is 114 Å². The maximum absolute atomic E-state index is 13.7. The number of aliphatic carboxylic acids is 1. The lowest BCUT2D eigenvalue weighted by atomic mass is 9.90. The van der Waals surface area contributed by atoms with Crippen LogP contribution in [0, 0.1) is 5.82 Å². The number of amides is 1. The van der Waals surface area contributed by atoms with Crippen LogP contribution in [0.15, 0.2) is 97.1 Å². The van der Waals surface area contributed by atoms with Crippen LogP contribution in [0.4, 0.5) is 10.1 Å². The van der Waals surface area contributed by atoms with Gasteiger partial charge in [0.1, 0.15) is 40.9 Å². The zero-order chi connectivity index (χ0) is 34.1. The summed E-state index contributed by atoms with van der Waals surface area (Å²) in [4.78, 5) is 40.0. The van der Waals surface area contributed by atoms with Crippen molar-refractivity contribution in [1.29, 1.82) is 0 Å². The molecule has 0 saturated carbocycles. The largest absolute Gasteiger partial charge is 0.508 e. The van der Waals surface area contributed by atoms with E-state index in [4.69, 9.17) is 9.47 Å². The number of hydrogen-bond donors (Lipinski definition) is 5. The molecule has 7 atom stereocenters. The number of Topliss-reactive ketones (excluding diaryl/α,β-unsaturated/α-hetero) is 1. The van der Waals surface area contributed by atoms with Crippen molar-refractivity contribution < 1.29 is 53.8 Å². The molecule has 0 bridgehead atoms. The number of carbonyl (C=O) groups excluding carboxylic acids is 2. The van der Waals surface area contributed by atoms with Gasteiger partial charge in [0.05, 0.1) is 11.8 Å². The SMILES string of the molecule is O=C(CS[C@H]1C(=O)N(c2ccccc2)[C@@H]1c1ccc(-c2cccc(O)c2)cc1O[C@@H]1OC(C(=O)O)C(O)[C@H](O)C1O)c1ccc(F)cc1. The number of aliphatic hydroxyl groups is 3. The molecule has 3 unspecified atom stereocenters. The molecule has 6 rings (SSSR count). The molecule has 2 aliphatic heterocycles. The molecule has 4 aromatic rings. The van der Waals surface area contributed by atoms with Gasteiger partial charge in [-0.05, 0) is 65.7 Å². The number of ketones is 1. The number of phenolic OH excluding ortho intramolecular Hbond substituents is 1. The van der Waals surface area contributed by atoms with Gasteiger partial charge in [-0.1, -0.05) is 42.5 Å². The number of hydrogen-bond acceptors (Lipinski definition) is 10. The molecular weight excluding hydrogens is 645 g/mol. The predicted molar refractivity (Wildman–Crippen MR) is 172 cm³/mol. The monoisotopic (exact) mass is 675 g/mol. The topological polar surface area (TPSA) is 174 Å². The number of aliphatic hydroxyl groups excluding tert-OH is 3. The second-order valence-corrected chi connectivity index (χ2v) is 12.4. The molecule has 0 radical (unpaired) electrons. The zero-order valence-corrected chi connectivity index (χ0v) is 25.8. The van der Waals surface area contributed by atoms with Crippen molar-refractivity contribution in [1.82, 2.24) is 0 Å². The first-order chi connectivity index (χ1) is 23.0. The lowest BCUT2D eigenvalue weighted by molar-refractivity contribution is -0.271. The summed E-state index contributed by atoms with van der Waals surface area (Å²) in [7, 11) is 0. The summed E-state index contributed by atoms with van der Waals surface area (Å²) >= 11 is 1.09. The second kappa shape index (κ2) is 13.7. The van der Waals surface area contributed by atoms with E-state index in [-0.39, 0.29) is 34.5 Å². The van der Waals surface area contributed by atoms with E-state index in [0.717, 1.165) is 11.8 Å². The molecule has 2 aliphatic rings. The van der Waals surface area contributed by atoms with E-state index in [1.54, 1.807) is 60.7 Å². The molecule has 1 amide bonds. The average Bonchev–Trinajstić information content (AvgIpc) is 3.08. The molecule has 11 nitrogen and oxygen atoms in total. The van der Waals surface area contributed by atoms with Gasteiger partial charge in [-0.2, -0.15) is 0 Å². The van der Waals surface area contributed by atoms with Crippen molar-refractivity contribution in [2.75, 3.05) is 10.7 Å². The first-order valence-electron chi connectivity index (χ1n) is 14.8. The smallest absolute Gasteiger partial charge is 0.335 e. The Morgan fingerprint density at radius 2 is 1.56 bits per heavy atom. The van der Waals surface area contributed by atoms with Crippen molar-refractivity contribution in [3.63, 3.8) is 0 Å². The van der Waals surface area contributed by atoms with E-state index < -0.39 is 53.8 Å². The number of benzene rings is 4. The minimum absolute atomic E-state index is 0.00591. The van der Waals surface area contributed by atoms with Gasteiger partial charge in [0.2, 0.25) is 12.2 Å². The van der Waals surface area contributed by atoms with Crippen LogP contribution in [0.2, 0.25) is 0 Å². The van der Waals surface area contributed by atoms with Crippen LogP contribution in [0.3, 0.4) is 0 Å². The van der Waals surface area contributed by atoms with Crippen LogP contribution in [0.1, 0.15) is 22.0 Å². The van der Waals surface area contributed by atoms with E-state index in [2.05, 4.69) is 0 Å². The summed E-state index contributed by atoms with van der Waals surface area (Å²) in [6, 6.07) is 24.4. The van der Waals surface area contributed by atoms with E-state index in [1.165, 1.54) is 41.3 Å². The number of carbonyl (C=O) groups is 3. The molecule has 4 aromatic carbocycles. The zero-order valence-electron chi connectivity index (χ0n) is 25.0. The standard InChI is InChI=1S/C35H30FNO10S/c36-21-12-9-18(10-13-21)25(39)17-48-32-27(37(33(32)43)22-6-2-1-3-7-22)24-14-11-20(19-5-4-8-23(38)15-19)16-26(24)46-35-30(42)28(40)29(41)31(47-35)34(44)45/h1-16,27-32,35,38,40-42H,17H2,(H,44,45)/t27-,28+,29?,30?,31?,32-,35-/m1/s1. The normalized spacial score (nSPS) is 25.3. The van der Waals surface area contributed by atoms with Gasteiger partial charge in [0, 0.05) is 16.8 Å². The summed E-state index contributed by atoms with van der Waals surface area (Å²) in [6.07, 6.45) is -9.39. The van der Waals surface area contributed by atoms with Crippen molar-refractivity contribution in [2.24, 2.45) is 0 Å². The minimum atomic E-state index is -1.94. The summed E-state index contributed by atoms with van der Waals surface area (Å²) in [5, 5.41) is 50.3. The Labute approximate surface area is 277 Å². The molecule has 248 valence electrons. The number of nitrogens with zero attached hydrogens (tertiary/aromatic N) is 1. The number of carboxylic acid groups (broad SMARTS) is 1. The first kappa shape index (κ1) is 33.1. The van der Waals surface area contributed by atoms with E-state index >= 15 is 0 Å². The minimum Gasteiger partial charge on any atom is -0.508 e. The molecular formula is C35H30FNO10S. The van der Waals surface area contributed by atoms with Crippen molar-refractivity contribution in [2.45, 2.75) is 42.0 Å². The number of halogens is 1. The van der Waals surface area contributed by atoms with E-state index in [9.17, 15) is 44.3 Å². The quantitative estimate of drug-likeness (QED) is 0.123. The molecule has 0 aromatic heterocycles. The number of rotatable bonds is 10. The van der Waals surface area contributed by atoms with Crippen molar-refractivity contribution in [3.8, 4) is 22.6 Å². The highest BCUT2D eigenvalue weighted by Crippen LogP contribution is 2.49. The Kier molecular flexibility index (Phi) is 9.49. The number of carboxylic acids is 1. The average molecular weight is 676 g/mol. The number of thioether (sulfide) groups is 1. The lowest BCUT2D eigenvalue weighted by Gasteiger charge is -2.47. The Morgan fingerprint density at radius 3 is 2.25 bits per heavy atom. The number of anilines is 1. The maximum atomic E-state index is 13.7. The summed E-state index contributed by atoms with van der Waals surface area (Å²) in [5.41, 5.74) is 2.35. The van der Waals surface area contributed by atoms with Gasteiger partial charge >= 0.3 is 5.97 Å². The molecule has 5 N–H and O–H groups in total. The third-order valence-electron chi connectivity index (χ3n) is 8.21. The van der Waals surface area contributed by atoms with Gasteiger partial charge in [-0.25, -0.2) is 9.18 Å². The molecule has 2 saturated heterocycles. The first-order valence-corrected chi connectivity index (χ1v) is 15.9. The molecule has 48 heavy (non-hydrogen) atoms. The third kappa shape index (κ3) is 6.50. The van der Waals surface area contributed by atoms with Gasteiger partial charge in [-0.3, -0.25) is 9.59 Å². The van der Waals surface area contributed by atoms with E-state index in [1.807, 2.05) is 0 Å². The summed E-state index contributed by atoms with van der Waals surface area (Å²) < 4.78 is 25.0. The van der Waals surface area contributed by atoms with Crippen LogP contribution in [-0.2, 0) is 14.3 Å². The van der Waals surface area contributed by atoms with Crippen LogP contribution in [0.25, 0.3) is 11.1 Å². The van der Waals surface area contributed by atoms with Crippen LogP contribution in [-0.4, -0.2) is 84.9 Å². The Balaban J connectivity index is 1.40. The Morgan fingerprint density at radius 1 is 0.854 bits per heavy atom. The van der Waals surface area contributed by atoms with Crippen molar-refractivity contribution >= 4 is 35.1 Å². The summed E-state index contributed by atoms with van der Waals surface area (Å²) in [6.45, 7) is 0. The Bertz CT molecular complexity index is 1820. The molecule has 2 fully saturated rings. The van der Waals surface area contributed by atoms with E-state index in [0.29, 0.717) is 22.4 Å². The fourth-order valence-electron chi connectivity index (χ4n) is 5.71. The molecule has 2 heterocycles. The van der Waals surface area contributed by atoms with Crippen LogP contribution < -0.4 is 9.64 Å². The van der Waals surface area contributed by atoms with Gasteiger partial charge in [0.25, 0.3) is 0 Å². The third-order valence-corrected chi connectivity index (χ3v) is 9.46. The molecule has 0 spiro atoms. The number of aromatic hydroxyl groups is 1. The number of phenols is 1. The maximum Gasteiger partial charge on any atom is 0.335 e. The fourth-order valence-corrected chi connectivity index (χ4v) is 6.91. The summed E-state index contributed by atoms with van der Waals surface area (Å²) in [5.74, 6) is -2.76. The number of ether oxygens (including phenoxy) is 2. The van der Waals surface area contributed by atoms with Crippen LogP contribution in [0.5, 0.6) is 11.5 Å².